The maximum Gasteiger partial charge on any atom is 0.239 e. The number of hydrogen-bond donors (Lipinski definition) is 3. The van der Waals surface area contributed by atoms with Gasteiger partial charge >= 0.3 is 0 Å². The van der Waals surface area contributed by atoms with Gasteiger partial charge in [-0.1, -0.05) is 6.07 Å². The van der Waals surface area contributed by atoms with Gasteiger partial charge in [0.25, 0.3) is 0 Å². The van der Waals surface area contributed by atoms with E-state index in [1.54, 1.807) is 19.2 Å². The van der Waals surface area contributed by atoms with Crippen LogP contribution in [0, 0.1) is 0 Å². The Morgan fingerprint density at radius 2 is 2.00 bits per heavy atom. The second-order valence-corrected chi connectivity index (χ2v) is 4.31. The SMILES string of the molecule is COCCCNC(=O)CNc1cccc(NC(C)=O)c1. The first kappa shape index (κ1) is 16.0. The molecule has 1 rings (SSSR count). The van der Waals surface area contributed by atoms with Crippen LogP contribution in [-0.2, 0) is 14.3 Å². The quantitative estimate of drug-likeness (QED) is 0.625. The smallest absolute Gasteiger partial charge is 0.239 e. The van der Waals surface area contributed by atoms with Crippen LogP contribution in [0.5, 0.6) is 0 Å². The number of ether oxygens (including phenoxy) is 1. The van der Waals surface area contributed by atoms with Gasteiger partial charge in [-0.3, -0.25) is 9.59 Å². The summed E-state index contributed by atoms with van der Waals surface area (Å²) in [6.45, 7) is 2.87. The molecule has 1 aromatic rings. The zero-order valence-corrected chi connectivity index (χ0v) is 11.9. The summed E-state index contributed by atoms with van der Waals surface area (Å²) in [6.07, 6.45) is 0.792. The summed E-state index contributed by atoms with van der Waals surface area (Å²) in [7, 11) is 1.63. The largest absolute Gasteiger partial charge is 0.385 e. The van der Waals surface area contributed by atoms with Gasteiger partial charge in [0.2, 0.25) is 11.8 Å². The predicted octanol–water partition coefficient (Wildman–Crippen LogP) is 1.21. The summed E-state index contributed by atoms with van der Waals surface area (Å²) < 4.78 is 4.90. The molecule has 0 aliphatic carbocycles. The van der Waals surface area contributed by atoms with Crippen molar-refractivity contribution in [3.05, 3.63) is 24.3 Å². The van der Waals surface area contributed by atoms with Crippen LogP contribution in [0.2, 0.25) is 0 Å². The summed E-state index contributed by atoms with van der Waals surface area (Å²) in [6, 6.07) is 7.21. The van der Waals surface area contributed by atoms with Gasteiger partial charge in [-0.2, -0.15) is 0 Å². The molecule has 6 nitrogen and oxygen atoms in total. The molecule has 3 N–H and O–H groups in total. The van der Waals surface area contributed by atoms with Crippen molar-refractivity contribution in [3.8, 4) is 0 Å². The van der Waals surface area contributed by atoms with Crippen molar-refractivity contribution in [1.82, 2.24) is 5.32 Å². The second kappa shape index (κ2) is 8.92. The van der Waals surface area contributed by atoms with Crippen molar-refractivity contribution in [2.45, 2.75) is 13.3 Å². The number of amides is 2. The number of anilines is 2. The molecule has 6 heteroatoms. The minimum absolute atomic E-state index is 0.0777. The fourth-order valence-corrected chi connectivity index (χ4v) is 1.60. The lowest BCUT2D eigenvalue weighted by Crippen LogP contribution is -2.31. The van der Waals surface area contributed by atoms with Crippen molar-refractivity contribution in [2.24, 2.45) is 0 Å². The Morgan fingerprint density at radius 1 is 1.25 bits per heavy atom. The number of methoxy groups -OCH3 is 1. The van der Waals surface area contributed by atoms with Crippen molar-refractivity contribution in [3.63, 3.8) is 0 Å². The molecule has 0 radical (unpaired) electrons. The van der Waals surface area contributed by atoms with Gasteiger partial charge in [-0.15, -0.1) is 0 Å². The number of carbonyl (C=O) groups is 2. The fourth-order valence-electron chi connectivity index (χ4n) is 1.60. The van der Waals surface area contributed by atoms with E-state index in [1.165, 1.54) is 6.92 Å². The highest BCUT2D eigenvalue weighted by molar-refractivity contribution is 5.89. The lowest BCUT2D eigenvalue weighted by Gasteiger charge is -2.09. The molecule has 110 valence electrons. The second-order valence-electron chi connectivity index (χ2n) is 4.31. The summed E-state index contributed by atoms with van der Waals surface area (Å²) >= 11 is 0. The maximum absolute atomic E-state index is 11.6. The first-order valence-corrected chi connectivity index (χ1v) is 6.49. The average Bonchev–Trinajstić information content (AvgIpc) is 2.41. The van der Waals surface area contributed by atoms with E-state index in [9.17, 15) is 9.59 Å². The van der Waals surface area contributed by atoms with Crippen LogP contribution < -0.4 is 16.0 Å². The molecule has 0 aliphatic rings. The zero-order valence-electron chi connectivity index (χ0n) is 11.9. The lowest BCUT2D eigenvalue weighted by molar-refractivity contribution is -0.119. The molecule has 0 saturated heterocycles. The third-order valence-electron chi connectivity index (χ3n) is 2.48. The fraction of sp³-hybridized carbons (Fsp3) is 0.429. The van der Waals surface area contributed by atoms with E-state index in [0.717, 1.165) is 12.1 Å². The minimum atomic E-state index is -0.127. The van der Waals surface area contributed by atoms with Crippen LogP contribution >= 0.6 is 0 Å². The number of hydrogen-bond acceptors (Lipinski definition) is 4. The van der Waals surface area contributed by atoms with E-state index in [-0.39, 0.29) is 18.4 Å². The molecule has 0 fully saturated rings. The van der Waals surface area contributed by atoms with Crippen molar-refractivity contribution in [2.75, 3.05) is 37.4 Å². The van der Waals surface area contributed by atoms with E-state index < -0.39 is 0 Å². The normalized spacial score (nSPS) is 9.90. The number of nitrogens with one attached hydrogen (secondary N) is 3. The molecule has 1 aromatic carbocycles. The van der Waals surface area contributed by atoms with E-state index in [4.69, 9.17) is 4.74 Å². The number of rotatable bonds is 8. The Labute approximate surface area is 118 Å². The Balaban J connectivity index is 2.33. The summed E-state index contributed by atoms with van der Waals surface area (Å²) in [5.74, 6) is -0.205. The summed E-state index contributed by atoms with van der Waals surface area (Å²) in [5, 5.41) is 8.48. The lowest BCUT2D eigenvalue weighted by atomic mass is 10.2. The first-order chi connectivity index (χ1) is 9.61. The molecule has 2 amide bonds. The van der Waals surface area contributed by atoms with Gasteiger partial charge in [-0.25, -0.2) is 0 Å². The summed E-state index contributed by atoms with van der Waals surface area (Å²) in [5.41, 5.74) is 1.48. The molecule has 0 aromatic heterocycles. The standard InChI is InChI=1S/C14H21N3O3/c1-11(18)17-13-6-3-5-12(9-13)16-10-14(19)15-7-4-8-20-2/h3,5-6,9,16H,4,7-8,10H2,1-2H3,(H,15,19)(H,17,18). The first-order valence-electron chi connectivity index (χ1n) is 6.49. The Hall–Kier alpha value is -2.08. The van der Waals surface area contributed by atoms with Crippen LogP contribution in [0.25, 0.3) is 0 Å². The molecule has 0 heterocycles. The van der Waals surface area contributed by atoms with E-state index >= 15 is 0 Å². The van der Waals surface area contributed by atoms with Crippen molar-refractivity contribution < 1.29 is 14.3 Å². The average molecular weight is 279 g/mol. The van der Waals surface area contributed by atoms with Crippen molar-refractivity contribution in [1.29, 1.82) is 0 Å². The zero-order chi connectivity index (χ0) is 14.8. The van der Waals surface area contributed by atoms with E-state index in [2.05, 4.69) is 16.0 Å². The Kier molecular flexibility index (Phi) is 7.13. The highest BCUT2D eigenvalue weighted by Gasteiger charge is 2.01. The van der Waals surface area contributed by atoms with Crippen LogP contribution in [0.1, 0.15) is 13.3 Å². The van der Waals surface area contributed by atoms with Gasteiger partial charge in [0.05, 0.1) is 6.54 Å². The van der Waals surface area contributed by atoms with Crippen molar-refractivity contribution >= 4 is 23.2 Å². The Morgan fingerprint density at radius 3 is 2.70 bits per heavy atom. The van der Waals surface area contributed by atoms with Gasteiger partial charge < -0.3 is 20.7 Å². The van der Waals surface area contributed by atoms with Gasteiger partial charge in [0, 0.05) is 38.6 Å². The highest BCUT2D eigenvalue weighted by Crippen LogP contribution is 2.14. The molecule has 0 atom stereocenters. The van der Waals surface area contributed by atoms with Crippen LogP contribution in [0.15, 0.2) is 24.3 Å². The van der Waals surface area contributed by atoms with Crippen LogP contribution in [0.3, 0.4) is 0 Å². The third kappa shape index (κ3) is 6.75. The molecule has 0 saturated carbocycles. The molecule has 0 unspecified atom stereocenters. The van der Waals surface area contributed by atoms with Crippen LogP contribution in [0.4, 0.5) is 11.4 Å². The van der Waals surface area contributed by atoms with Gasteiger partial charge in [0.15, 0.2) is 0 Å². The highest BCUT2D eigenvalue weighted by atomic mass is 16.5. The molecule has 20 heavy (non-hydrogen) atoms. The maximum atomic E-state index is 11.6. The van der Waals surface area contributed by atoms with E-state index in [1.807, 2.05) is 12.1 Å². The predicted molar refractivity (Wildman–Crippen MR) is 78.7 cm³/mol. The molecular weight excluding hydrogens is 258 g/mol. The molecule has 0 spiro atoms. The van der Waals surface area contributed by atoms with Gasteiger partial charge in [-0.05, 0) is 24.6 Å². The molecule has 0 bridgehead atoms. The topological polar surface area (TPSA) is 79.5 Å². The number of benzene rings is 1. The minimum Gasteiger partial charge on any atom is -0.385 e. The van der Waals surface area contributed by atoms with Crippen LogP contribution in [-0.4, -0.2) is 38.6 Å². The molecule has 0 aliphatic heterocycles. The molecular formula is C14H21N3O3. The van der Waals surface area contributed by atoms with E-state index in [0.29, 0.717) is 18.8 Å². The Bertz CT molecular complexity index is 449. The summed E-state index contributed by atoms with van der Waals surface area (Å²) in [4.78, 5) is 22.5. The van der Waals surface area contributed by atoms with Gasteiger partial charge in [0.1, 0.15) is 0 Å². The number of carbonyl (C=O) groups excluding carboxylic acids is 2. The monoisotopic (exact) mass is 279 g/mol. The third-order valence-corrected chi connectivity index (χ3v) is 2.48.